The highest BCUT2D eigenvalue weighted by atomic mass is 31.2. The number of carbonyl (C=O) groups excluding carboxylic acids is 1. The third-order valence-corrected chi connectivity index (χ3v) is 8.00. The lowest BCUT2D eigenvalue weighted by molar-refractivity contribution is -0.149. The lowest BCUT2D eigenvalue weighted by atomic mass is 10.1. The van der Waals surface area contributed by atoms with Gasteiger partial charge in [-0.05, 0) is 58.5 Å². The van der Waals surface area contributed by atoms with E-state index in [-0.39, 0.29) is 37.2 Å². The van der Waals surface area contributed by atoms with Gasteiger partial charge in [0.25, 0.3) is 0 Å². The second kappa shape index (κ2) is 14.8. The summed E-state index contributed by atoms with van der Waals surface area (Å²) in [7, 11) is -4.90. The molecule has 3 atom stereocenters. The Morgan fingerprint density at radius 3 is 2.58 bits per heavy atom. The summed E-state index contributed by atoms with van der Waals surface area (Å²) in [5.74, 6) is -1.30. The van der Waals surface area contributed by atoms with E-state index in [4.69, 9.17) is 38.2 Å². The number of benzene rings is 2. The first-order valence-corrected chi connectivity index (χ1v) is 15.3. The number of ether oxygens (including phenoxy) is 2. The molecule has 43 heavy (non-hydrogen) atoms. The fourth-order valence-electron chi connectivity index (χ4n) is 4.68. The number of rotatable bonds is 16. The van der Waals surface area contributed by atoms with Crippen LogP contribution in [0.25, 0.3) is 21.9 Å². The van der Waals surface area contributed by atoms with Crippen LogP contribution in [0.15, 0.2) is 54.6 Å². The molecule has 0 spiro atoms. The zero-order chi connectivity index (χ0) is 39.4. The summed E-state index contributed by atoms with van der Waals surface area (Å²) >= 11 is 0. The molecule has 0 aliphatic carbocycles. The first kappa shape index (κ1) is 21.2. The molecule has 0 aliphatic heterocycles. The molecule has 11 nitrogen and oxygen atoms in total. The molecule has 4 aromatic rings. The molecule has 0 unspecified atom stereocenters. The summed E-state index contributed by atoms with van der Waals surface area (Å²) in [6.07, 6.45) is -2.49. The van der Waals surface area contributed by atoms with Crippen LogP contribution in [0.3, 0.4) is 0 Å². The fourth-order valence-corrected chi connectivity index (χ4v) is 6.03. The number of aromatic nitrogens is 3. The minimum absolute atomic E-state index is 0.0556. The highest BCUT2D eigenvalue weighted by Gasteiger charge is 2.33. The number of nitrogens with two attached hydrogens (primary N) is 1. The number of pyridine rings is 1. The van der Waals surface area contributed by atoms with E-state index < -0.39 is 46.4 Å². The smallest absolute Gasteiger partial charge is 0.459 e. The van der Waals surface area contributed by atoms with Crippen LogP contribution in [-0.4, -0.2) is 45.8 Å². The zero-order valence-corrected chi connectivity index (χ0v) is 24.8. The highest BCUT2D eigenvalue weighted by molar-refractivity contribution is 7.52. The summed E-state index contributed by atoms with van der Waals surface area (Å²) in [6, 6.07) is 11.8. The number of anilines is 1. The SMILES string of the molecule is [2H]C([2H])([2H])[C@H](N[P@@](=O)(OCC[C@H](CCC)n1c(COCC)nc2c(N)nc3ccccc3c21)Oc1ccccc1)C(=O)OC([2H])(C([2H])([2H])[2H])C([2H])([2H])[2H]. The normalized spacial score (nSPS) is 19.1. The van der Waals surface area contributed by atoms with Crippen LogP contribution in [0, 0.1) is 0 Å². The van der Waals surface area contributed by atoms with Gasteiger partial charge in [0.2, 0.25) is 0 Å². The molecule has 0 fully saturated rings. The Balaban J connectivity index is 1.72. The maximum Gasteiger partial charge on any atom is 0.459 e. The van der Waals surface area contributed by atoms with Crippen molar-refractivity contribution >= 4 is 41.5 Å². The van der Waals surface area contributed by atoms with E-state index in [1.165, 1.54) is 24.3 Å². The summed E-state index contributed by atoms with van der Waals surface area (Å²) < 4.78 is 116. The number of hydrogen-bond donors (Lipinski definition) is 2. The molecule has 4 rings (SSSR count). The molecule has 232 valence electrons. The maximum absolute atomic E-state index is 14.4. The first-order valence-electron chi connectivity index (χ1n) is 18.8. The Kier molecular flexibility index (Phi) is 7.31. The van der Waals surface area contributed by atoms with Gasteiger partial charge < -0.3 is 24.3 Å². The van der Waals surface area contributed by atoms with E-state index in [9.17, 15) is 9.36 Å². The predicted molar refractivity (Wildman–Crippen MR) is 168 cm³/mol. The molecule has 2 heterocycles. The molecular formula is C31H42N5O6P. The Labute approximate surface area is 266 Å². The van der Waals surface area contributed by atoms with Gasteiger partial charge in [-0.1, -0.05) is 49.7 Å². The van der Waals surface area contributed by atoms with E-state index in [0.717, 1.165) is 5.39 Å². The number of imidazole rings is 1. The Hall–Kier alpha value is -3.50. The van der Waals surface area contributed by atoms with Crippen LogP contribution in [0.1, 0.15) is 79.2 Å². The van der Waals surface area contributed by atoms with Crippen molar-refractivity contribution in [1.82, 2.24) is 19.6 Å². The van der Waals surface area contributed by atoms with Gasteiger partial charge in [0.15, 0.2) is 5.82 Å². The number of nitrogens with zero attached hydrogens (tertiary/aromatic N) is 3. The third kappa shape index (κ3) is 8.12. The van der Waals surface area contributed by atoms with Gasteiger partial charge in [-0.25, -0.2) is 14.5 Å². The Morgan fingerprint density at radius 1 is 1.09 bits per heavy atom. The number of hydrogen-bond acceptors (Lipinski definition) is 9. The fraction of sp³-hybridized carbons (Fsp3) is 0.452. The summed E-state index contributed by atoms with van der Waals surface area (Å²) in [4.78, 5) is 22.6. The minimum atomic E-state index is -4.90. The zero-order valence-electron chi connectivity index (χ0n) is 33.9. The molecule has 0 bridgehead atoms. The van der Waals surface area contributed by atoms with E-state index in [1.807, 2.05) is 47.8 Å². The van der Waals surface area contributed by atoms with Gasteiger partial charge >= 0.3 is 13.7 Å². The lowest BCUT2D eigenvalue weighted by Crippen LogP contribution is -2.36. The van der Waals surface area contributed by atoms with Gasteiger partial charge in [0, 0.05) is 30.4 Å². The molecule has 12 heteroatoms. The molecule has 0 aliphatic rings. The predicted octanol–water partition coefficient (Wildman–Crippen LogP) is 6.57. The second-order valence-corrected chi connectivity index (χ2v) is 11.2. The van der Waals surface area contributed by atoms with Crippen molar-refractivity contribution in [3.63, 3.8) is 0 Å². The number of fused-ring (bicyclic) bond motifs is 3. The molecular weight excluding hydrogens is 569 g/mol. The van der Waals surface area contributed by atoms with Crippen molar-refractivity contribution in [1.29, 1.82) is 0 Å². The van der Waals surface area contributed by atoms with Gasteiger partial charge in [0.05, 0.1) is 25.1 Å². The Bertz CT molecular complexity index is 1910. The van der Waals surface area contributed by atoms with Crippen LogP contribution < -0.4 is 15.3 Å². The van der Waals surface area contributed by atoms with Crippen molar-refractivity contribution in [2.45, 2.75) is 78.4 Å². The second-order valence-electron chi connectivity index (χ2n) is 9.53. The van der Waals surface area contributed by atoms with Crippen LogP contribution in [0.2, 0.25) is 0 Å². The number of esters is 1. The van der Waals surface area contributed by atoms with E-state index >= 15 is 0 Å². The van der Waals surface area contributed by atoms with Crippen LogP contribution in [-0.2, 0) is 30.0 Å². The largest absolute Gasteiger partial charge is 0.462 e. The lowest BCUT2D eigenvalue weighted by Gasteiger charge is -2.25. The highest BCUT2D eigenvalue weighted by Crippen LogP contribution is 2.45. The molecule has 0 radical (unpaired) electrons. The van der Waals surface area contributed by atoms with Gasteiger partial charge in [-0.3, -0.25) is 9.32 Å². The Morgan fingerprint density at radius 2 is 1.86 bits per heavy atom. The number of carbonyl (C=O) groups is 1. The topological polar surface area (TPSA) is 140 Å². The monoisotopic (exact) mass is 621 g/mol. The molecule has 0 saturated heterocycles. The summed E-state index contributed by atoms with van der Waals surface area (Å²) in [5.41, 5.74) is 8.14. The van der Waals surface area contributed by atoms with Crippen LogP contribution >= 0.6 is 7.75 Å². The minimum Gasteiger partial charge on any atom is -0.462 e. The third-order valence-electron chi connectivity index (χ3n) is 6.46. The van der Waals surface area contributed by atoms with Gasteiger partial charge in [-0.2, -0.15) is 5.09 Å². The summed E-state index contributed by atoms with van der Waals surface area (Å²) in [5, 5.41) is 2.82. The van der Waals surface area contributed by atoms with Crippen molar-refractivity contribution < 1.29 is 41.6 Å². The average molecular weight is 622 g/mol. The van der Waals surface area contributed by atoms with Crippen molar-refractivity contribution in [3.05, 3.63) is 60.4 Å². The van der Waals surface area contributed by atoms with Crippen LogP contribution in [0.4, 0.5) is 5.82 Å². The average Bonchev–Trinajstić information content (AvgIpc) is 3.45. The van der Waals surface area contributed by atoms with Crippen molar-refractivity contribution in [3.8, 4) is 5.75 Å². The van der Waals surface area contributed by atoms with E-state index in [2.05, 4.69) is 9.72 Å². The van der Waals surface area contributed by atoms with E-state index in [1.54, 1.807) is 6.07 Å². The van der Waals surface area contributed by atoms with Crippen LogP contribution in [0.5, 0.6) is 5.75 Å². The standard InChI is InChI=1S/C31H42N5O6P/c1-6-13-23(36-27(20-39-7-2)34-28-29(36)25-16-11-12-17-26(25)33-30(28)32)18-19-40-43(38,42-24-14-9-8-10-15-24)35-22(5)31(37)41-21(3)4/h8-12,14-17,21-23H,6-7,13,18-20H2,1-5H3,(H2,32,33)(H,35,38)/t22-,23-,43+/m0/s1/i3D3,4D3,5D3,21D. The van der Waals surface area contributed by atoms with Crippen molar-refractivity contribution in [2.75, 3.05) is 18.9 Å². The molecule has 0 amide bonds. The quantitative estimate of drug-likeness (QED) is 0.104. The van der Waals surface area contributed by atoms with Gasteiger partial charge in [0.1, 0.15) is 29.7 Å². The number of nitrogen functional groups attached to an aromatic ring is 1. The molecule has 3 N–H and O–H groups in total. The van der Waals surface area contributed by atoms with Crippen molar-refractivity contribution in [2.24, 2.45) is 0 Å². The maximum atomic E-state index is 14.4. The molecule has 0 saturated carbocycles. The first-order chi connectivity index (χ1) is 24.7. The van der Waals surface area contributed by atoms with Gasteiger partial charge in [-0.15, -0.1) is 0 Å². The number of para-hydroxylation sites is 2. The number of nitrogens with one attached hydrogen (secondary N) is 1. The molecule has 2 aromatic heterocycles. The van der Waals surface area contributed by atoms with E-state index in [0.29, 0.717) is 41.8 Å². The molecule has 2 aromatic carbocycles. The summed E-state index contributed by atoms with van der Waals surface area (Å²) in [6.45, 7) is -6.91.